The number of hydrogen-bond donors (Lipinski definition) is 1. The van der Waals surface area contributed by atoms with Crippen molar-refractivity contribution in [1.82, 2.24) is 15.3 Å². The van der Waals surface area contributed by atoms with Crippen molar-refractivity contribution in [3.8, 4) is 0 Å². The Kier molecular flexibility index (Phi) is 6.42. The minimum absolute atomic E-state index is 0.366. The molecule has 0 fully saturated rings. The number of nitrogens with zero attached hydrogens (tertiary/aromatic N) is 2. The van der Waals surface area contributed by atoms with Gasteiger partial charge in [0.2, 0.25) is 0 Å². The van der Waals surface area contributed by atoms with Crippen LogP contribution in [0.3, 0.4) is 0 Å². The first-order chi connectivity index (χ1) is 7.77. The lowest BCUT2D eigenvalue weighted by Gasteiger charge is -2.19. The predicted molar refractivity (Wildman–Crippen MR) is 70.7 cm³/mol. The summed E-state index contributed by atoms with van der Waals surface area (Å²) in [5.74, 6) is 1.08. The van der Waals surface area contributed by atoms with Gasteiger partial charge in [0.15, 0.2) is 0 Å². The average molecular weight is 239 g/mol. The number of hydrogen-bond acceptors (Lipinski definition) is 4. The summed E-state index contributed by atoms with van der Waals surface area (Å²) in [7, 11) is 0. The average Bonchev–Trinajstić information content (AvgIpc) is 2.35. The summed E-state index contributed by atoms with van der Waals surface area (Å²) in [5, 5.41) is 4.19. The summed E-state index contributed by atoms with van der Waals surface area (Å²) in [6.07, 6.45) is 6.60. The van der Waals surface area contributed by atoms with E-state index >= 15 is 0 Å². The van der Waals surface area contributed by atoms with Crippen LogP contribution in [0.2, 0.25) is 0 Å². The Labute approximate surface area is 102 Å². The third-order valence-electron chi connectivity index (χ3n) is 2.56. The van der Waals surface area contributed by atoms with Gasteiger partial charge in [0, 0.05) is 35.0 Å². The van der Waals surface area contributed by atoms with Gasteiger partial charge in [-0.15, -0.1) is 0 Å². The van der Waals surface area contributed by atoms with Crippen LogP contribution < -0.4 is 5.32 Å². The number of aromatic nitrogens is 2. The molecule has 0 saturated carbocycles. The molecule has 90 valence electrons. The lowest BCUT2D eigenvalue weighted by Crippen LogP contribution is -2.24. The molecule has 0 radical (unpaired) electrons. The first-order valence-electron chi connectivity index (χ1n) is 5.87. The van der Waals surface area contributed by atoms with E-state index < -0.39 is 0 Å². The summed E-state index contributed by atoms with van der Waals surface area (Å²) < 4.78 is 0. The number of rotatable bonds is 7. The van der Waals surface area contributed by atoms with Crippen LogP contribution >= 0.6 is 11.8 Å². The number of nitrogens with one attached hydrogen (secondary N) is 1. The van der Waals surface area contributed by atoms with Gasteiger partial charge in [-0.3, -0.25) is 0 Å². The maximum absolute atomic E-state index is 4.07. The largest absolute Gasteiger partial charge is 0.309 e. The fourth-order valence-electron chi connectivity index (χ4n) is 1.39. The lowest BCUT2D eigenvalue weighted by molar-refractivity contribution is 0.600. The van der Waals surface area contributed by atoms with Gasteiger partial charge < -0.3 is 5.32 Å². The molecule has 0 saturated heterocycles. The minimum Gasteiger partial charge on any atom is -0.309 e. The molecule has 0 spiro atoms. The third-order valence-corrected chi connectivity index (χ3v) is 3.98. The van der Waals surface area contributed by atoms with Crippen molar-refractivity contribution in [2.45, 2.75) is 38.5 Å². The SMILES string of the molecule is CCNC(CSC(C)CC)c1cncnc1. The van der Waals surface area contributed by atoms with E-state index in [1.54, 1.807) is 6.33 Å². The van der Waals surface area contributed by atoms with Crippen LogP contribution in [-0.4, -0.2) is 27.5 Å². The maximum Gasteiger partial charge on any atom is 0.115 e. The molecular formula is C12H21N3S. The van der Waals surface area contributed by atoms with Crippen molar-refractivity contribution in [2.24, 2.45) is 0 Å². The van der Waals surface area contributed by atoms with Crippen molar-refractivity contribution < 1.29 is 0 Å². The Bertz CT molecular complexity index is 279. The van der Waals surface area contributed by atoms with Crippen LogP contribution in [0.25, 0.3) is 0 Å². The van der Waals surface area contributed by atoms with Crippen LogP contribution in [0.4, 0.5) is 0 Å². The van der Waals surface area contributed by atoms with Gasteiger partial charge in [-0.1, -0.05) is 20.8 Å². The van der Waals surface area contributed by atoms with Gasteiger partial charge in [-0.05, 0) is 13.0 Å². The number of thioether (sulfide) groups is 1. The summed E-state index contributed by atoms with van der Waals surface area (Å²) in [6.45, 7) is 7.60. The van der Waals surface area contributed by atoms with Crippen molar-refractivity contribution in [1.29, 1.82) is 0 Å². The molecule has 1 heterocycles. The van der Waals surface area contributed by atoms with Crippen molar-refractivity contribution >= 4 is 11.8 Å². The molecule has 1 aromatic heterocycles. The zero-order chi connectivity index (χ0) is 11.8. The quantitative estimate of drug-likeness (QED) is 0.794. The van der Waals surface area contributed by atoms with E-state index in [-0.39, 0.29) is 0 Å². The molecule has 0 aliphatic carbocycles. The molecular weight excluding hydrogens is 218 g/mol. The Morgan fingerprint density at radius 2 is 2.00 bits per heavy atom. The fourth-order valence-corrected chi connectivity index (χ4v) is 2.46. The van der Waals surface area contributed by atoms with E-state index in [0.29, 0.717) is 11.3 Å². The summed E-state index contributed by atoms with van der Waals surface area (Å²) >= 11 is 2.00. The summed E-state index contributed by atoms with van der Waals surface area (Å²) in [4.78, 5) is 8.15. The maximum atomic E-state index is 4.07. The highest BCUT2D eigenvalue weighted by molar-refractivity contribution is 7.99. The summed E-state index contributed by atoms with van der Waals surface area (Å²) in [6, 6.07) is 0.366. The molecule has 1 N–H and O–H groups in total. The van der Waals surface area contributed by atoms with Crippen molar-refractivity contribution in [3.05, 3.63) is 24.3 Å². The zero-order valence-corrected chi connectivity index (χ0v) is 11.1. The molecule has 0 aromatic carbocycles. The molecule has 16 heavy (non-hydrogen) atoms. The fraction of sp³-hybridized carbons (Fsp3) is 0.667. The van der Waals surface area contributed by atoms with E-state index in [1.165, 1.54) is 12.0 Å². The van der Waals surface area contributed by atoms with E-state index in [2.05, 4.69) is 36.1 Å². The minimum atomic E-state index is 0.366. The highest BCUT2D eigenvalue weighted by atomic mass is 32.2. The van der Waals surface area contributed by atoms with Crippen LogP contribution in [0.1, 0.15) is 38.8 Å². The lowest BCUT2D eigenvalue weighted by atomic mass is 10.2. The van der Waals surface area contributed by atoms with Crippen LogP contribution in [-0.2, 0) is 0 Å². The van der Waals surface area contributed by atoms with Gasteiger partial charge in [0.05, 0.1) is 0 Å². The Morgan fingerprint density at radius 3 is 2.56 bits per heavy atom. The molecule has 1 aromatic rings. The molecule has 3 nitrogen and oxygen atoms in total. The molecule has 0 aliphatic heterocycles. The highest BCUT2D eigenvalue weighted by Gasteiger charge is 2.12. The molecule has 1 rings (SSSR count). The van der Waals surface area contributed by atoms with E-state index in [1.807, 2.05) is 24.2 Å². The molecule has 0 amide bonds. The molecule has 2 atom stereocenters. The second-order valence-corrected chi connectivity index (χ2v) is 5.31. The van der Waals surface area contributed by atoms with E-state index in [9.17, 15) is 0 Å². The van der Waals surface area contributed by atoms with Gasteiger partial charge in [0.1, 0.15) is 6.33 Å². The summed E-state index contributed by atoms with van der Waals surface area (Å²) in [5.41, 5.74) is 1.18. The Balaban J connectivity index is 2.54. The van der Waals surface area contributed by atoms with Crippen LogP contribution in [0, 0.1) is 0 Å². The molecule has 0 aliphatic rings. The van der Waals surface area contributed by atoms with Gasteiger partial charge >= 0.3 is 0 Å². The van der Waals surface area contributed by atoms with Crippen LogP contribution in [0.15, 0.2) is 18.7 Å². The normalized spacial score (nSPS) is 14.7. The molecule has 0 bridgehead atoms. The van der Waals surface area contributed by atoms with Gasteiger partial charge in [-0.25, -0.2) is 9.97 Å². The monoisotopic (exact) mass is 239 g/mol. The zero-order valence-electron chi connectivity index (χ0n) is 10.3. The first kappa shape index (κ1) is 13.5. The highest BCUT2D eigenvalue weighted by Crippen LogP contribution is 2.21. The van der Waals surface area contributed by atoms with E-state index in [0.717, 1.165) is 12.3 Å². The Morgan fingerprint density at radius 1 is 1.31 bits per heavy atom. The second-order valence-electron chi connectivity index (χ2n) is 3.83. The first-order valence-corrected chi connectivity index (χ1v) is 6.92. The standard InChI is InChI=1S/C12H21N3S/c1-4-10(3)16-8-12(15-5-2)11-6-13-9-14-7-11/h6-7,9-10,12,15H,4-5,8H2,1-3H3. The van der Waals surface area contributed by atoms with Crippen molar-refractivity contribution in [2.75, 3.05) is 12.3 Å². The molecule has 4 heteroatoms. The third kappa shape index (κ3) is 4.49. The van der Waals surface area contributed by atoms with Gasteiger partial charge in [-0.2, -0.15) is 11.8 Å². The smallest absolute Gasteiger partial charge is 0.115 e. The van der Waals surface area contributed by atoms with Crippen LogP contribution in [0.5, 0.6) is 0 Å². The van der Waals surface area contributed by atoms with E-state index in [4.69, 9.17) is 0 Å². The predicted octanol–water partition coefficient (Wildman–Crippen LogP) is 2.66. The van der Waals surface area contributed by atoms with Crippen molar-refractivity contribution in [3.63, 3.8) is 0 Å². The molecule has 2 unspecified atom stereocenters. The second kappa shape index (κ2) is 7.63. The topological polar surface area (TPSA) is 37.8 Å². The van der Waals surface area contributed by atoms with Gasteiger partial charge in [0.25, 0.3) is 0 Å². The Hall–Kier alpha value is -0.610.